The molecule has 54 heavy (non-hydrogen) atoms. The van der Waals surface area contributed by atoms with Crippen molar-refractivity contribution in [2.45, 2.75) is 39.4 Å². The summed E-state index contributed by atoms with van der Waals surface area (Å²) in [6.45, 7) is 10.5. The third-order valence-corrected chi connectivity index (χ3v) is 10.6. The highest BCUT2D eigenvalue weighted by molar-refractivity contribution is 5.96. The summed E-state index contributed by atoms with van der Waals surface area (Å²) in [7, 11) is 4.09. The molecular weight excluding hydrogens is 673 g/mol. The van der Waals surface area contributed by atoms with Gasteiger partial charge in [0.05, 0.1) is 0 Å². The van der Waals surface area contributed by atoms with Gasteiger partial charge in [-0.3, -0.25) is 19.3 Å². The molecule has 4 aromatic carbocycles. The van der Waals surface area contributed by atoms with Crippen LogP contribution < -0.4 is 9.80 Å². The van der Waals surface area contributed by atoms with E-state index < -0.39 is 6.04 Å². The second kappa shape index (κ2) is 18.1. The summed E-state index contributed by atoms with van der Waals surface area (Å²) in [6, 6.07) is 34.3. The average Bonchev–Trinajstić information content (AvgIpc) is 3.20. The van der Waals surface area contributed by atoms with Crippen LogP contribution in [0.1, 0.15) is 34.7 Å². The van der Waals surface area contributed by atoms with Crippen molar-refractivity contribution in [1.82, 2.24) is 19.6 Å². The molecule has 4 aromatic rings. The van der Waals surface area contributed by atoms with E-state index in [2.05, 4.69) is 63.2 Å². The number of hydrogen-bond donors (Lipinski definition) is 0. The minimum absolute atomic E-state index is 0.0223. The zero-order valence-electron chi connectivity index (χ0n) is 32.2. The van der Waals surface area contributed by atoms with Crippen molar-refractivity contribution in [3.8, 4) is 0 Å². The Balaban J connectivity index is 1.22. The molecule has 9 heteroatoms. The number of rotatable bonds is 12. The highest BCUT2D eigenvalue weighted by Crippen LogP contribution is 2.23. The van der Waals surface area contributed by atoms with E-state index in [-0.39, 0.29) is 17.7 Å². The quantitative estimate of drug-likeness (QED) is 0.174. The van der Waals surface area contributed by atoms with Crippen molar-refractivity contribution in [2.75, 3.05) is 76.3 Å². The van der Waals surface area contributed by atoms with E-state index in [1.807, 2.05) is 91.5 Å². The predicted octanol–water partition coefficient (Wildman–Crippen LogP) is 5.73. The molecular formula is C45H54N6O3. The molecule has 1 atom stereocenters. The van der Waals surface area contributed by atoms with Gasteiger partial charge in [-0.05, 0) is 59.5 Å². The molecule has 0 bridgehead atoms. The summed E-state index contributed by atoms with van der Waals surface area (Å²) < 4.78 is 0. The molecule has 1 unspecified atom stereocenters. The second-order valence-corrected chi connectivity index (χ2v) is 14.7. The summed E-state index contributed by atoms with van der Waals surface area (Å²) in [5.41, 5.74) is 7.56. The van der Waals surface area contributed by atoms with E-state index in [0.29, 0.717) is 39.1 Å². The first-order chi connectivity index (χ1) is 26.1. The molecule has 2 aliphatic heterocycles. The zero-order valence-corrected chi connectivity index (χ0v) is 32.2. The average molecular weight is 727 g/mol. The van der Waals surface area contributed by atoms with E-state index in [0.717, 1.165) is 60.7 Å². The third-order valence-electron chi connectivity index (χ3n) is 10.6. The first-order valence-electron chi connectivity index (χ1n) is 19.1. The first kappa shape index (κ1) is 38.3. The van der Waals surface area contributed by atoms with Crippen LogP contribution in [0.3, 0.4) is 0 Å². The van der Waals surface area contributed by atoms with Crippen molar-refractivity contribution in [2.24, 2.45) is 0 Å². The Kier molecular flexibility index (Phi) is 12.8. The van der Waals surface area contributed by atoms with E-state index in [9.17, 15) is 14.4 Å². The summed E-state index contributed by atoms with van der Waals surface area (Å²) in [5, 5.41) is 0. The molecule has 0 N–H and O–H groups in total. The lowest BCUT2D eigenvalue weighted by atomic mass is 10.0. The van der Waals surface area contributed by atoms with Crippen molar-refractivity contribution >= 4 is 35.2 Å². The summed E-state index contributed by atoms with van der Waals surface area (Å²) >= 11 is 0. The fourth-order valence-corrected chi connectivity index (χ4v) is 7.23. The van der Waals surface area contributed by atoms with Crippen LogP contribution in [0.15, 0.2) is 109 Å². The number of carbonyl (C=O) groups excluding carboxylic acids is 3. The van der Waals surface area contributed by atoms with E-state index in [1.165, 1.54) is 11.3 Å². The van der Waals surface area contributed by atoms with Crippen molar-refractivity contribution < 1.29 is 14.4 Å². The Labute approximate surface area is 321 Å². The number of nitrogens with zero attached hydrogens (tertiary/aromatic N) is 6. The SMILES string of the molecule is CC(=O)N1CCN(c2ccc(CN(C(=O)C=Cc3ccc(C)cc3)C(Cc3ccccc3)C(=O)N3CCN(Cc4ccc(N(C)C)cc4)CC3)cc2)CC1. The van der Waals surface area contributed by atoms with E-state index in [1.54, 1.807) is 17.9 Å². The smallest absolute Gasteiger partial charge is 0.247 e. The highest BCUT2D eigenvalue weighted by atomic mass is 16.2. The predicted molar refractivity (Wildman–Crippen MR) is 218 cm³/mol. The van der Waals surface area contributed by atoms with Crippen LogP contribution in [0.4, 0.5) is 11.4 Å². The monoisotopic (exact) mass is 726 g/mol. The minimum Gasteiger partial charge on any atom is -0.378 e. The summed E-state index contributed by atoms with van der Waals surface area (Å²) in [5.74, 6) is -0.112. The van der Waals surface area contributed by atoms with Crippen molar-refractivity contribution in [3.63, 3.8) is 0 Å². The van der Waals surface area contributed by atoms with Crippen LogP contribution in [0.25, 0.3) is 6.08 Å². The van der Waals surface area contributed by atoms with Crippen LogP contribution in [-0.2, 0) is 33.9 Å². The molecule has 3 amide bonds. The first-order valence-corrected chi connectivity index (χ1v) is 19.1. The number of hydrogen-bond acceptors (Lipinski definition) is 6. The topological polar surface area (TPSA) is 70.6 Å². The molecule has 2 aliphatic rings. The fourth-order valence-electron chi connectivity index (χ4n) is 7.23. The summed E-state index contributed by atoms with van der Waals surface area (Å²) in [4.78, 5) is 53.3. The van der Waals surface area contributed by atoms with Gasteiger partial charge in [0.2, 0.25) is 17.7 Å². The van der Waals surface area contributed by atoms with E-state index >= 15 is 0 Å². The van der Waals surface area contributed by atoms with Crippen LogP contribution in [0.5, 0.6) is 0 Å². The Bertz CT molecular complexity index is 1860. The lowest BCUT2D eigenvalue weighted by Gasteiger charge is -2.39. The molecule has 0 aliphatic carbocycles. The van der Waals surface area contributed by atoms with Gasteiger partial charge in [-0.25, -0.2) is 0 Å². The van der Waals surface area contributed by atoms with Crippen LogP contribution in [-0.4, -0.2) is 110 Å². The maximum atomic E-state index is 14.7. The van der Waals surface area contributed by atoms with Gasteiger partial charge in [0.25, 0.3) is 0 Å². The lowest BCUT2D eigenvalue weighted by Crippen LogP contribution is -2.56. The van der Waals surface area contributed by atoms with Gasteiger partial charge in [-0.15, -0.1) is 0 Å². The molecule has 9 nitrogen and oxygen atoms in total. The van der Waals surface area contributed by atoms with Gasteiger partial charge in [0, 0.05) is 110 Å². The standard InChI is InChI=1S/C45H54N6O3/c1-35-10-12-37(13-11-35)18-23-44(53)51(34-40-16-21-42(22-17-40)49-30-28-48(29-31-49)36(2)52)43(32-38-8-6-5-7-9-38)45(54)50-26-24-47(25-27-50)33-39-14-19-41(20-15-39)46(3)4/h5-23,43H,24-34H2,1-4H3. The fraction of sp³-hybridized carbons (Fsp3) is 0.356. The molecule has 0 radical (unpaired) electrons. The van der Waals surface area contributed by atoms with Gasteiger partial charge in [-0.2, -0.15) is 0 Å². The van der Waals surface area contributed by atoms with Gasteiger partial charge < -0.3 is 24.5 Å². The Morgan fingerprint density at radius 1 is 0.685 bits per heavy atom. The number of aryl methyl sites for hydroxylation is 1. The Hall–Kier alpha value is -5.41. The van der Waals surface area contributed by atoms with Gasteiger partial charge in [-0.1, -0.05) is 84.4 Å². The van der Waals surface area contributed by atoms with E-state index in [4.69, 9.17) is 0 Å². The van der Waals surface area contributed by atoms with Crippen LogP contribution >= 0.6 is 0 Å². The molecule has 0 spiro atoms. The van der Waals surface area contributed by atoms with Gasteiger partial charge in [0.1, 0.15) is 6.04 Å². The number of anilines is 2. The molecule has 0 saturated carbocycles. The van der Waals surface area contributed by atoms with Gasteiger partial charge in [0.15, 0.2) is 0 Å². The molecule has 0 aromatic heterocycles. The molecule has 2 heterocycles. The Morgan fingerprint density at radius 3 is 1.91 bits per heavy atom. The molecule has 282 valence electrons. The van der Waals surface area contributed by atoms with Crippen molar-refractivity contribution in [1.29, 1.82) is 0 Å². The number of amides is 3. The number of piperazine rings is 2. The van der Waals surface area contributed by atoms with Gasteiger partial charge >= 0.3 is 0 Å². The largest absolute Gasteiger partial charge is 0.378 e. The maximum Gasteiger partial charge on any atom is 0.247 e. The maximum absolute atomic E-state index is 14.7. The Morgan fingerprint density at radius 2 is 1.30 bits per heavy atom. The minimum atomic E-state index is -0.688. The normalized spacial score (nSPS) is 15.7. The molecule has 2 saturated heterocycles. The number of benzene rings is 4. The summed E-state index contributed by atoms with van der Waals surface area (Å²) in [6.07, 6.45) is 3.87. The third kappa shape index (κ3) is 10.2. The number of carbonyl (C=O) groups is 3. The van der Waals surface area contributed by atoms with Crippen molar-refractivity contribution in [3.05, 3.63) is 137 Å². The second-order valence-electron chi connectivity index (χ2n) is 14.7. The zero-order chi connectivity index (χ0) is 38.0. The highest BCUT2D eigenvalue weighted by Gasteiger charge is 2.34. The van der Waals surface area contributed by atoms with Crippen LogP contribution in [0.2, 0.25) is 0 Å². The lowest BCUT2D eigenvalue weighted by molar-refractivity contribution is -0.145. The molecule has 2 fully saturated rings. The molecule has 6 rings (SSSR count). The van der Waals surface area contributed by atoms with Crippen LogP contribution in [0, 0.1) is 6.92 Å².